The molecule has 0 spiro atoms. The van der Waals surface area contributed by atoms with Crippen LogP contribution in [0.15, 0.2) is 57.0 Å². The minimum absolute atomic E-state index is 0.0872. The molecule has 5 rings (SSSR count). The summed E-state index contributed by atoms with van der Waals surface area (Å²) in [6.45, 7) is 0.662. The van der Waals surface area contributed by atoms with E-state index >= 15 is 0 Å². The van der Waals surface area contributed by atoms with Crippen LogP contribution in [-0.2, 0) is 9.59 Å². The summed E-state index contributed by atoms with van der Waals surface area (Å²) in [5.74, 6) is 0.770. The fourth-order valence-electron chi connectivity index (χ4n) is 3.73. The van der Waals surface area contributed by atoms with E-state index < -0.39 is 0 Å². The molecule has 2 amide bonds. The largest absolute Gasteiger partial charge is 0.497 e. The summed E-state index contributed by atoms with van der Waals surface area (Å²) in [4.78, 5) is 30.2. The third-order valence-electron chi connectivity index (χ3n) is 5.37. The van der Waals surface area contributed by atoms with Crippen molar-refractivity contribution in [2.24, 2.45) is 15.2 Å². The number of hydrogen-bond donors (Lipinski definition) is 0. The molecule has 11 heteroatoms. The highest BCUT2D eigenvalue weighted by molar-refractivity contribution is 8.45. The predicted molar refractivity (Wildman–Crippen MR) is 134 cm³/mol. The molecule has 8 nitrogen and oxygen atoms in total. The molecule has 0 saturated heterocycles. The van der Waals surface area contributed by atoms with Gasteiger partial charge in [-0.1, -0.05) is 30.0 Å². The summed E-state index contributed by atoms with van der Waals surface area (Å²) < 4.78 is 6.00. The van der Waals surface area contributed by atoms with E-state index in [4.69, 9.17) is 9.84 Å². The number of carbonyl (C=O) groups excluding carboxylic acids is 2. The first-order valence-electron chi connectivity index (χ1n) is 10.5. The molecule has 0 radical (unpaired) electrons. The van der Waals surface area contributed by atoms with Crippen LogP contribution >= 0.6 is 34.9 Å². The van der Waals surface area contributed by atoms with E-state index in [1.54, 1.807) is 28.5 Å². The van der Waals surface area contributed by atoms with Crippen LogP contribution in [-0.4, -0.2) is 56.5 Å². The molecule has 3 aliphatic heterocycles. The molecule has 170 valence electrons. The molecule has 0 fully saturated rings. The van der Waals surface area contributed by atoms with Gasteiger partial charge in [-0.15, -0.1) is 11.3 Å². The van der Waals surface area contributed by atoms with Crippen LogP contribution in [0.4, 0.5) is 0 Å². The number of ether oxygens (including phenoxy) is 1. The molecule has 0 saturated carbocycles. The van der Waals surface area contributed by atoms with E-state index in [-0.39, 0.29) is 23.6 Å². The molecule has 0 N–H and O–H groups in total. The number of thiophene rings is 1. The lowest BCUT2D eigenvalue weighted by atomic mass is 10.0. The lowest BCUT2D eigenvalue weighted by molar-refractivity contribution is -0.130. The van der Waals surface area contributed by atoms with Crippen molar-refractivity contribution >= 4 is 61.9 Å². The molecule has 1 aromatic heterocycles. The van der Waals surface area contributed by atoms with Gasteiger partial charge in [0.25, 0.3) is 5.91 Å². The Labute approximate surface area is 203 Å². The number of nitrogens with zero attached hydrogens (tertiary/aromatic N) is 5. The lowest BCUT2D eigenvalue weighted by Crippen LogP contribution is -2.28. The Morgan fingerprint density at radius 2 is 2.09 bits per heavy atom. The molecular formula is C22H21N5O3S3. The fourth-order valence-corrected chi connectivity index (χ4v) is 6.30. The second-order valence-electron chi connectivity index (χ2n) is 7.53. The monoisotopic (exact) mass is 499 g/mol. The summed E-state index contributed by atoms with van der Waals surface area (Å²) in [6.07, 6.45) is 1.83. The first kappa shape index (κ1) is 22.2. The Bertz CT molecular complexity index is 1140. The molecule has 0 bridgehead atoms. The third-order valence-corrected chi connectivity index (χ3v) is 8.36. The Morgan fingerprint density at radius 1 is 1.24 bits per heavy atom. The van der Waals surface area contributed by atoms with Crippen molar-refractivity contribution in [3.8, 4) is 5.75 Å². The molecule has 0 aliphatic carbocycles. The van der Waals surface area contributed by atoms with Gasteiger partial charge >= 0.3 is 0 Å². The van der Waals surface area contributed by atoms with Crippen LogP contribution < -0.4 is 4.74 Å². The van der Waals surface area contributed by atoms with Gasteiger partial charge in [0.15, 0.2) is 9.54 Å². The maximum atomic E-state index is 13.3. The van der Waals surface area contributed by atoms with E-state index in [0.717, 1.165) is 32.7 Å². The topological polar surface area (TPSA) is 86.9 Å². The van der Waals surface area contributed by atoms with Gasteiger partial charge in [0.2, 0.25) is 5.91 Å². The molecule has 4 heterocycles. The van der Waals surface area contributed by atoms with Gasteiger partial charge in [0.05, 0.1) is 29.5 Å². The molecular weight excluding hydrogens is 478 g/mol. The van der Waals surface area contributed by atoms with Crippen molar-refractivity contribution in [1.29, 1.82) is 0 Å². The summed E-state index contributed by atoms with van der Waals surface area (Å²) in [7, 11) is 1.63. The van der Waals surface area contributed by atoms with Gasteiger partial charge in [-0.05, 0) is 47.3 Å². The summed E-state index contributed by atoms with van der Waals surface area (Å²) in [6, 6.07) is 11.6. The minimum Gasteiger partial charge on any atom is -0.497 e. The number of hydrogen-bond acceptors (Lipinski definition) is 9. The van der Waals surface area contributed by atoms with E-state index in [1.165, 1.54) is 23.5 Å². The first-order valence-corrected chi connectivity index (χ1v) is 13.1. The van der Waals surface area contributed by atoms with Crippen molar-refractivity contribution in [3.05, 3.63) is 52.2 Å². The number of fused-ring (bicyclic) bond motifs is 1. The number of amidine groups is 1. The van der Waals surface area contributed by atoms with Crippen molar-refractivity contribution in [2.45, 2.75) is 25.3 Å². The maximum absolute atomic E-state index is 13.3. The normalized spacial score (nSPS) is 20.2. The first-order chi connectivity index (χ1) is 16.1. The highest BCUT2D eigenvalue weighted by Crippen LogP contribution is 2.36. The number of hydrazone groups is 2. The van der Waals surface area contributed by atoms with Crippen molar-refractivity contribution < 1.29 is 14.3 Å². The fraction of sp³-hybridized carbons (Fsp3) is 0.318. The molecule has 3 aliphatic rings. The van der Waals surface area contributed by atoms with E-state index in [9.17, 15) is 9.59 Å². The van der Waals surface area contributed by atoms with Crippen LogP contribution in [0.5, 0.6) is 5.75 Å². The van der Waals surface area contributed by atoms with Crippen LogP contribution in [0.1, 0.15) is 35.7 Å². The van der Waals surface area contributed by atoms with Crippen LogP contribution in [0, 0.1) is 0 Å². The van der Waals surface area contributed by atoms with Gasteiger partial charge < -0.3 is 4.74 Å². The number of thioether (sulfide) groups is 2. The van der Waals surface area contributed by atoms with E-state index in [2.05, 4.69) is 10.1 Å². The number of benzene rings is 1. The van der Waals surface area contributed by atoms with E-state index in [0.29, 0.717) is 24.6 Å². The zero-order chi connectivity index (χ0) is 22.8. The third kappa shape index (κ3) is 4.85. The van der Waals surface area contributed by atoms with Gasteiger partial charge in [0, 0.05) is 19.4 Å². The average molecular weight is 500 g/mol. The lowest BCUT2D eigenvalue weighted by Gasteiger charge is -2.22. The highest BCUT2D eigenvalue weighted by Gasteiger charge is 2.34. The predicted octanol–water partition coefficient (Wildman–Crippen LogP) is 4.16. The van der Waals surface area contributed by atoms with Gasteiger partial charge in [-0.3, -0.25) is 9.59 Å². The minimum atomic E-state index is -0.170. The standard InChI is InChI=1S/C22H21N5O3S3/c1-30-15-8-6-14(7-9-15)17-12-16(18-4-3-11-31-18)24-27(17)20(29)13-32-22-25-26-10-2-5-19(28)23-21(26)33-22/h3-4,6-9,11,17H,2,5,10,12-13H2,1H3/t17-/m0/s1. The van der Waals surface area contributed by atoms with Crippen LogP contribution in [0.25, 0.3) is 0 Å². The van der Waals surface area contributed by atoms with Gasteiger partial charge in [0.1, 0.15) is 5.75 Å². The molecule has 1 aromatic carbocycles. The van der Waals surface area contributed by atoms with Gasteiger partial charge in [-0.25, -0.2) is 10.0 Å². The number of carbonyl (C=O) groups is 2. The van der Waals surface area contributed by atoms with E-state index in [1.807, 2.05) is 41.8 Å². The Kier molecular flexibility index (Phi) is 6.52. The Hall–Kier alpha value is -2.63. The summed E-state index contributed by atoms with van der Waals surface area (Å²) >= 11 is 4.32. The molecule has 0 unspecified atom stereocenters. The summed E-state index contributed by atoms with van der Waals surface area (Å²) in [5, 5.41) is 15.2. The average Bonchev–Trinajstić information content (AvgIpc) is 3.56. The quantitative estimate of drug-likeness (QED) is 0.614. The molecule has 2 aromatic rings. The summed E-state index contributed by atoms with van der Waals surface area (Å²) in [5.41, 5.74) is 1.93. The molecule has 33 heavy (non-hydrogen) atoms. The maximum Gasteiger partial charge on any atom is 0.253 e. The van der Waals surface area contributed by atoms with Crippen LogP contribution in [0.2, 0.25) is 0 Å². The smallest absolute Gasteiger partial charge is 0.253 e. The van der Waals surface area contributed by atoms with Crippen molar-refractivity contribution in [2.75, 3.05) is 19.4 Å². The number of rotatable bonds is 5. The Morgan fingerprint density at radius 3 is 2.85 bits per heavy atom. The number of amides is 2. The zero-order valence-electron chi connectivity index (χ0n) is 17.8. The van der Waals surface area contributed by atoms with Crippen molar-refractivity contribution in [3.63, 3.8) is 0 Å². The van der Waals surface area contributed by atoms with Gasteiger partial charge in [-0.2, -0.15) is 15.2 Å². The van der Waals surface area contributed by atoms with Crippen molar-refractivity contribution in [1.82, 2.24) is 10.0 Å². The highest BCUT2D eigenvalue weighted by atomic mass is 32.2. The number of aliphatic imine (C=N–C) groups is 1. The second kappa shape index (κ2) is 9.70. The Balaban J connectivity index is 1.31. The number of methoxy groups -OCH3 is 1. The SMILES string of the molecule is COc1ccc([C@@H]2CC(c3cccs3)=NN2C(=O)CSC2=NN3CCCC(=O)N=C3S2)cc1. The van der Waals surface area contributed by atoms with Crippen LogP contribution in [0.3, 0.4) is 0 Å². The zero-order valence-corrected chi connectivity index (χ0v) is 20.3. The second-order valence-corrected chi connectivity index (χ2v) is 10.7. The molecule has 1 atom stereocenters.